The number of isocyanates is 1. The zero-order valence-corrected chi connectivity index (χ0v) is 15.3. The van der Waals surface area contributed by atoms with Gasteiger partial charge in [0.15, 0.2) is 0 Å². The molecule has 0 atom stereocenters. The molecule has 0 aliphatic carbocycles. The van der Waals surface area contributed by atoms with Crippen LogP contribution in [-0.4, -0.2) is 62.7 Å². The van der Waals surface area contributed by atoms with Gasteiger partial charge in [-0.1, -0.05) is 12.8 Å². The second-order valence-electron chi connectivity index (χ2n) is 7.86. The van der Waals surface area contributed by atoms with Crippen molar-refractivity contribution in [3.8, 4) is 0 Å². The standard InChI is InChI=1S/C17H31N3O4/c1-16(2)11-14(12-17(3,4)20(16)24)19(15(22)23)10-8-6-5-7-9-18-13-21/h14,24H,5-12H2,1-4H3,(H,22,23). The van der Waals surface area contributed by atoms with E-state index in [4.69, 9.17) is 0 Å². The molecule has 24 heavy (non-hydrogen) atoms. The molecule has 1 aliphatic rings. The summed E-state index contributed by atoms with van der Waals surface area (Å²) in [5.41, 5.74) is -0.931. The van der Waals surface area contributed by atoms with E-state index in [0.29, 0.717) is 25.9 Å². The van der Waals surface area contributed by atoms with E-state index in [1.54, 1.807) is 0 Å². The van der Waals surface area contributed by atoms with Gasteiger partial charge in [-0.05, 0) is 53.4 Å². The van der Waals surface area contributed by atoms with Crippen LogP contribution in [0.5, 0.6) is 0 Å². The van der Waals surface area contributed by atoms with Gasteiger partial charge in [-0.15, -0.1) is 0 Å². The van der Waals surface area contributed by atoms with Crippen molar-refractivity contribution in [3.05, 3.63) is 0 Å². The Labute approximate surface area is 144 Å². The number of rotatable bonds is 8. The van der Waals surface area contributed by atoms with E-state index < -0.39 is 17.2 Å². The molecule has 7 heteroatoms. The van der Waals surface area contributed by atoms with Crippen LogP contribution in [0.1, 0.15) is 66.2 Å². The Bertz CT molecular complexity index is 454. The molecule has 1 amide bonds. The SMILES string of the molecule is CC1(C)CC(N(CCCCCCN=C=O)C(=O)O)CC(C)(C)N1O. The van der Waals surface area contributed by atoms with Gasteiger partial charge >= 0.3 is 6.09 Å². The van der Waals surface area contributed by atoms with E-state index in [-0.39, 0.29) is 6.04 Å². The number of nitrogens with zero attached hydrogens (tertiary/aromatic N) is 3. The van der Waals surface area contributed by atoms with Crippen LogP contribution in [0.25, 0.3) is 0 Å². The molecule has 0 aromatic carbocycles. The molecule has 0 saturated carbocycles. The number of carboxylic acid groups (broad SMARTS) is 1. The number of aliphatic imine (C=N–C) groups is 1. The lowest BCUT2D eigenvalue weighted by atomic mass is 9.78. The third-order valence-corrected chi connectivity index (χ3v) is 4.79. The molecule has 138 valence electrons. The van der Waals surface area contributed by atoms with Gasteiger partial charge in [-0.25, -0.2) is 14.6 Å². The molecular weight excluding hydrogens is 310 g/mol. The van der Waals surface area contributed by atoms with Crippen LogP contribution in [-0.2, 0) is 4.79 Å². The molecule has 1 heterocycles. The molecule has 0 unspecified atom stereocenters. The average molecular weight is 341 g/mol. The lowest BCUT2D eigenvalue weighted by molar-refractivity contribution is -0.250. The van der Waals surface area contributed by atoms with Crippen molar-refractivity contribution in [2.75, 3.05) is 13.1 Å². The number of carbonyl (C=O) groups is 1. The second-order valence-corrected chi connectivity index (χ2v) is 7.86. The first kappa shape index (κ1) is 20.6. The highest BCUT2D eigenvalue weighted by Gasteiger charge is 2.47. The molecule has 1 rings (SSSR count). The normalized spacial score (nSPS) is 20.4. The van der Waals surface area contributed by atoms with Gasteiger partial charge in [0, 0.05) is 23.7 Å². The van der Waals surface area contributed by atoms with E-state index in [1.165, 1.54) is 16.0 Å². The molecule has 0 spiro atoms. The number of hydrogen-bond donors (Lipinski definition) is 2. The number of piperidine rings is 1. The molecular formula is C17H31N3O4. The maximum absolute atomic E-state index is 11.7. The van der Waals surface area contributed by atoms with Crippen molar-refractivity contribution < 1.29 is 19.9 Å². The van der Waals surface area contributed by atoms with Crippen molar-refractivity contribution in [2.45, 2.75) is 83.3 Å². The fraction of sp³-hybridized carbons (Fsp3) is 0.882. The minimum Gasteiger partial charge on any atom is -0.465 e. The van der Waals surface area contributed by atoms with Crippen molar-refractivity contribution >= 4 is 12.2 Å². The third kappa shape index (κ3) is 5.58. The lowest BCUT2D eigenvalue weighted by Crippen LogP contribution is -2.63. The maximum Gasteiger partial charge on any atom is 0.407 e. The zero-order chi connectivity index (χ0) is 18.4. The summed E-state index contributed by atoms with van der Waals surface area (Å²) < 4.78 is 0. The van der Waals surface area contributed by atoms with Crippen LogP contribution in [0.4, 0.5) is 4.79 Å². The summed E-state index contributed by atoms with van der Waals surface area (Å²) in [5.74, 6) is 0. The molecule has 2 N–H and O–H groups in total. The summed E-state index contributed by atoms with van der Waals surface area (Å²) in [6.45, 7) is 8.74. The molecule has 0 aromatic heterocycles. The van der Waals surface area contributed by atoms with E-state index in [0.717, 1.165) is 25.7 Å². The predicted molar refractivity (Wildman–Crippen MR) is 91.0 cm³/mol. The maximum atomic E-state index is 11.7. The van der Waals surface area contributed by atoms with E-state index in [9.17, 15) is 19.9 Å². The number of carbonyl (C=O) groups excluding carboxylic acids is 1. The summed E-state index contributed by atoms with van der Waals surface area (Å²) in [6, 6.07) is -0.101. The lowest BCUT2D eigenvalue weighted by Gasteiger charge is -2.53. The number of hydrogen-bond acceptors (Lipinski definition) is 5. The van der Waals surface area contributed by atoms with Crippen molar-refractivity contribution in [3.63, 3.8) is 0 Å². The van der Waals surface area contributed by atoms with Gasteiger partial charge in [0.2, 0.25) is 6.08 Å². The van der Waals surface area contributed by atoms with Gasteiger partial charge in [0.1, 0.15) is 0 Å². The molecule has 1 saturated heterocycles. The minimum absolute atomic E-state index is 0.101. The fourth-order valence-corrected chi connectivity index (χ4v) is 3.74. The molecule has 1 fully saturated rings. The van der Waals surface area contributed by atoms with Crippen LogP contribution in [0, 0.1) is 0 Å². The molecule has 1 aliphatic heterocycles. The first-order valence-corrected chi connectivity index (χ1v) is 8.64. The quantitative estimate of drug-likeness (QED) is 0.401. The predicted octanol–water partition coefficient (Wildman–Crippen LogP) is 3.27. The third-order valence-electron chi connectivity index (χ3n) is 4.79. The van der Waals surface area contributed by atoms with E-state index >= 15 is 0 Å². The smallest absolute Gasteiger partial charge is 0.407 e. The monoisotopic (exact) mass is 341 g/mol. The fourth-order valence-electron chi connectivity index (χ4n) is 3.74. The molecule has 0 bridgehead atoms. The number of unbranched alkanes of at least 4 members (excludes halogenated alkanes) is 3. The molecule has 0 aromatic rings. The van der Waals surface area contributed by atoms with E-state index in [2.05, 4.69) is 4.99 Å². The van der Waals surface area contributed by atoms with Crippen LogP contribution >= 0.6 is 0 Å². The Morgan fingerprint density at radius 1 is 1.17 bits per heavy atom. The van der Waals surface area contributed by atoms with Gasteiger partial charge in [-0.3, -0.25) is 0 Å². The first-order valence-electron chi connectivity index (χ1n) is 8.64. The minimum atomic E-state index is -0.899. The van der Waals surface area contributed by atoms with Crippen molar-refractivity contribution in [1.82, 2.24) is 9.96 Å². The summed E-state index contributed by atoms with van der Waals surface area (Å²) in [7, 11) is 0. The Morgan fingerprint density at radius 3 is 2.21 bits per heavy atom. The highest BCUT2D eigenvalue weighted by Crippen LogP contribution is 2.38. The highest BCUT2D eigenvalue weighted by atomic mass is 16.5. The highest BCUT2D eigenvalue weighted by molar-refractivity contribution is 5.65. The van der Waals surface area contributed by atoms with Crippen LogP contribution in [0.3, 0.4) is 0 Å². The summed E-state index contributed by atoms with van der Waals surface area (Å²) in [5, 5.41) is 21.3. The first-order chi connectivity index (χ1) is 11.1. The average Bonchev–Trinajstić information content (AvgIpc) is 2.46. The summed E-state index contributed by atoms with van der Waals surface area (Å²) in [4.78, 5) is 26.7. The zero-order valence-electron chi connectivity index (χ0n) is 15.3. The Kier molecular flexibility index (Phi) is 7.39. The van der Waals surface area contributed by atoms with Crippen LogP contribution in [0.15, 0.2) is 4.99 Å². The van der Waals surface area contributed by atoms with Crippen molar-refractivity contribution in [2.24, 2.45) is 4.99 Å². The number of amides is 1. The van der Waals surface area contributed by atoms with Gasteiger partial charge in [0.25, 0.3) is 0 Å². The Hall–Kier alpha value is -1.43. The Morgan fingerprint density at radius 2 is 1.71 bits per heavy atom. The topological polar surface area (TPSA) is 93.4 Å². The Balaban J connectivity index is 2.58. The van der Waals surface area contributed by atoms with Gasteiger partial charge in [0.05, 0.1) is 6.54 Å². The molecule has 7 nitrogen and oxygen atoms in total. The second kappa shape index (κ2) is 8.60. The molecule has 0 radical (unpaired) electrons. The van der Waals surface area contributed by atoms with Crippen LogP contribution in [0.2, 0.25) is 0 Å². The summed E-state index contributed by atoms with van der Waals surface area (Å²) in [6.07, 6.45) is 5.27. The summed E-state index contributed by atoms with van der Waals surface area (Å²) >= 11 is 0. The van der Waals surface area contributed by atoms with Crippen molar-refractivity contribution in [1.29, 1.82) is 0 Å². The van der Waals surface area contributed by atoms with Gasteiger partial charge in [-0.2, -0.15) is 5.06 Å². The number of hydroxylamine groups is 2. The van der Waals surface area contributed by atoms with Crippen LogP contribution < -0.4 is 0 Å². The van der Waals surface area contributed by atoms with E-state index in [1.807, 2.05) is 27.7 Å². The van der Waals surface area contributed by atoms with Gasteiger partial charge < -0.3 is 15.2 Å². The largest absolute Gasteiger partial charge is 0.465 e.